The maximum absolute atomic E-state index is 7.30. The second-order valence-corrected chi connectivity index (χ2v) is 1.61. The molecule has 0 saturated carbocycles. The molecule has 0 saturated heterocycles. The minimum absolute atomic E-state index is 0. The summed E-state index contributed by atoms with van der Waals surface area (Å²) >= 11 is 0. The van der Waals surface area contributed by atoms with Crippen LogP contribution in [0.1, 0.15) is 0 Å². The van der Waals surface area contributed by atoms with E-state index in [2.05, 4.69) is 0 Å². The molecule has 0 aliphatic carbocycles. The molecule has 0 spiro atoms. The quantitative estimate of drug-likeness (QED) is 0.259. The first-order chi connectivity index (χ1) is 2.00. The first-order valence-corrected chi connectivity index (χ1v) is 2.40. The van der Waals surface area contributed by atoms with E-state index in [-0.39, 0.29) is 16.5 Å². The van der Waals surface area contributed by atoms with Crippen LogP contribution in [-0.4, -0.2) is 19.6 Å². The van der Waals surface area contributed by atoms with E-state index in [4.69, 9.17) is 19.6 Å². The maximum atomic E-state index is 7.30. The van der Waals surface area contributed by atoms with Crippen molar-refractivity contribution >= 4 is 8.17 Å². The molecule has 0 amide bonds. The summed E-state index contributed by atoms with van der Waals surface area (Å²) in [5.74, 6) is 0. The van der Waals surface area contributed by atoms with Gasteiger partial charge in [0.25, 0.3) is 0 Å². The first kappa shape index (κ1) is 9.90. The third kappa shape index (κ3) is 116. The molecule has 0 aromatic heterocycles. The van der Waals surface area contributed by atoms with E-state index in [0.29, 0.717) is 0 Å². The Morgan fingerprint density at radius 2 is 0.833 bits per heavy atom. The van der Waals surface area contributed by atoms with Gasteiger partial charge in [0.15, 0.2) is 0 Å². The van der Waals surface area contributed by atoms with Crippen LogP contribution >= 0.6 is 8.17 Å². The van der Waals surface area contributed by atoms with Gasteiger partial charge in [-0.25, -0.2) is 0 Å². The van der Waals surface area contributed by atoms with Gasteiger partial charge in [0, 0.05) is 16.5 Å². The van der Waals surface area contributed by atoms with Gasteiger partial charge in [-0.3, -0.25) is 0 Å². The van der Waals surface area contributed by atoms with Crippen LogP contribution in [0.15, 0.2) is 0 Å². The summed E-state index contributed by atoms with van der Waals surface area (Å²) < 4.78 is 0. The Morgan fingerprint density at radius 1 is 0.833 bits per heavy atom. The van der Waals surface area contributed by atoms with Crippen molar-refractivity contribution in [2.45, 2.75) is 0 Å². The van der Waals surface area contributed by atoms with Crippen molar-refractivity contribution in [2.75, 3.05) is 0 Å². The van der Waals surface area contributed by atoms with Crippen molar-refractivity contribution in [3.05, 3.63) is 0 Å². The number of hydrogen-bond donors (Lipinski definition) is 4. The Bertz CT molecular complexity index is 23.0. The molecule has 42 valence electrons. The Labute approximate surface area is 45.0 Å². The summed E-state index contributed by atoms with van der Waals surface area (Å²) in [5, 5.41) is 0. The summed E-state index contributed by atoms with van der Waals surface area (Å²) in [6.07, 6.45) is 0. The fourth-order valence-corrected chi connectivity index (χ4v) is 0. The Morgan fingerprint density at radius 3 is 0.833 bits per heavy atom. The zero-order chi connectivity index (χ0) is 4.50. The monoisotopic (exact) mass is 157 g/mol. The van der Waals surface area contributed by atoms with Crippen LogP contribution < -0.4 is 0 Å². The number of hydrogen-bond acceptors (Lipinski definition) is 4. The second kappa shape index (κ2) is 2.86. The zero-order valence-corrected chi connectivity index (χ0v) is 4.43. The van der Waals surface area contributed by atoms with Gasteiger partial charge in [-0.1, -0.05) is 0 Å². The predicted molar refractivity (Wildman–Crippen MR) is 15.8 cm³/mol. The van der Waals surface area contributed by atoms with Crippen LogP contribution in [0.5, 0.6) is 0 Å². The molecule has 0 aromatic carbocycles. The van der Waals surface area contributed by atoms with Crippen molar-refractivity contribution in [1.29, 1.82) is 0 Å². The van der Waals surface area contributed by atoms with Gasteiger partial charge < -0.3 is 0 Å². The van der Waals surface area contributed by atoms with E-state index in [1.54, 1.807) is 0 Å². The van der Waals surface area contributed by atoms with E-state index >= 15 is 0 Å². The summed E-state index contributed by atoms with van der Waals surface area (Å²) in [7, 11) is -4.39. The molecule has 0 fully saturated rings. The second-order valence-electron chi connectivity index (χ2n) is 0.537. The number of rotatable bonds is 0. The molecule has 6 heavy (non-hydrogen) atoms. The average molecular weight is 158 g/mol. The summed E-state index contributed by atoms with van der Waals surface area (Å²) in [6, 6.07) is 0. The minimum Gasteiger partial charge on any atom is -0.168 e. The van der Waals surface area contributed by atoms with Gasteiger partial charge >= 0.3 is 8.17 Å². The van der Waals surface area contributed by atoms with Crippen molar-refractivity contribution in [1.82, 2.24) is 0 Å². The third-order valence-corrected chi connectivity index (χ3v) is 0. The van der Waals surface area contributed by atoms with Crippen LogP contribution in [0.2, 0.25) is 0 Å². The smallest absolute Gasteiger partial charge is 0.168 e. The molecule has 0 bridgehead atoms. The van der Waals surface area contributed by atoms with Crippen LogP contribution in [-0.2, 0) is 16.5 Å². The summed E-state index contributed by atoms with van der Waals surface area (Å²) in [6.45, 7) is 0. The van der Waals surface area contributed by atoms with Crippen LogP contribution in [0.25, 0.3) is 0 Å². The van der Waals surface area contributed by atoms with Crippen molar-refractivity contribution in [2.24, 2.45) is 0 Å². The van der Waals surface area contributed by atoms with Gasteiger partial charge in [-0.2, -0.15) is 19.6 Å². The molecular weight excluding hydrogens is 154 g/mol. The topological polar surface area (TPSA) is 80.9 Å². The van der Waals surface area contributed by atoms with Gasteiger partial charge in [0.2, 0.25) is 0 Å². The van der Waals surface area contributed by atoms with Crippen molar-refractivity contribution < 1.29 is 36.1 Å². The van der Waals surface area contributed by atoms with E-state index < -0.39 is 8.17 Å². The standard InChI is InChI=1S/Ni.H4O4P/c;1-5(2,3)4/h;1-4H/q;+1. The molecule has 0 rings (SSSR count). The molecule has 4 nitrogen and oxygen atoms in total. The van der Waals surface area contributed by atoms with E-state index in [9.17, 15) is 0 Å². The third-order valence-electron chi connectivity index (χ3n) is 0. The van der Waals surface area contributed by atoms with Crippen LogP contribution in [0.4, 0.5) is 0 Å². The summed E-state index contributed by atoms with van der Waals surface area (Å²) in [5.41, 5.74) is 0. The molecule has 0 heterocycles. The zero-order valence-electron chi connectivity index (χ0n) is 2.55. The van der Waals surface area contributed by atoms with E-state index in [1.165, 1.54) is 0 Å². The molecule has 0 unspecified atom stereocenters. The van der Waals surface area contributed by atoms with Crippen LogP contribution in [0.3, 0.4) is 0 Å². The molecule has 0 aliphatic heterocycles. The molecule has 0 aromatic rings. The van der Waals surface area contributed by atoms with Gasteiger partial charge in [-0.15, -0.1) is 0 Å². The molecule has 0 atom stereocenters. The van der Waals surface area contributed by atoms with Crippen LogP contribution in [0, 0.1) is 0 Å². The largest absolute Gasteiger partial charge is 0.564 e. The van der Waals surface area contributed by atoms with Gasteiger partial charge in [0.05, 0.1) is 0 Å². The first-order valence-electron chi connectivity index (χ1n) is 0.800. The fraction of sp³-hybridized carbons (Fsp3) is 0. The molecular formula is H4NiO4P+. The summed E-state index contributed by atoms with van der Waals surface area (Å²) in [4.78, 5) is 29.2. The average Bonchev–Trinajstić information content (AvgIpc) is 0.722. The minimum atomic E-state index is -4.39. The van der Waals surface area contributed by atoms with Gasteiger partial charge in [0.1, 0.15) is 0 Å². The normalized spacial score (nSPS) is 10.0. The SMILES string of the molecule is O[P+](O)(O)O.[Ni]. The van der Waals surface area contributed by atoms with Crippen molar-refractivity contribution in [3.63, 3.8) is 0 Å². The molecule has 0 aliphatic rings. The molecule has 0 radical (unpaired) electrons. The van der Waals surface area contributed by atoms with Crippen molar-refractivity contribution in [3.8, 4) is 0 Å². The van der Waals surface area contributed by atoms with E-state index in [0.717, 1.165) is 0 Å². The van der Waals surface area contributed by atoms with Gasteiger partial charge in [-0.05, 0) is 0 Å². The Balaban J connectivity index is 0. The molecule has 4 N–H and O–H groups in total. The molecule has 6 heteroatoms. The Hall–Kier alpha value is 0.764. The predicted octanol–water partition coefficient (Wildman–Crippen LogP) is -1.37. The Kier molecular flexibility index (Phi) is 4.72. The fourth-order valence-electron chi connectivity index (χ4n) is 0. The maximum Gasteiger partial charge on any atom is 0.564 e. The van der Waals surface area contributed by atoms with E-state index in [1.807, 2.05) is 0 Å².